The highest BCUT2D eigenvalue weighted by atomic mass is 32.1. The van der Waals surface area contributed by atoms with E-state index in [0.717, 1.165) is 12.8 Å². The van der Waals surface area contributed by atoms with Crippen LogP contribution in [0.2, 0.25) is 0 Å². The summed E-state index contributed by atoms with van der Waals surface area (Å²) in [6.07, 6.45) is 1.80. The maximum absolute atomic E-state index is 12.5. The molecule has 5 nitrogen and oxygen atoms in total. The summed E-state index contributed by atoms with van der Waals surface area (Å²) in [5.41, 5.74) is 0.896. The Bertz CT molecular complexity index is 718. The molecule has 1 aromatic heterocycles. The third-order valence-corrected chi connectivity index (χ3v) is 5.77. The van der Waals surface area contributed by atoms with Gasteiger partial charge in [0.1, 0.15) is 0 Å². The molecule has 1 saturated heterocycles. The second-order valence-electron chi connectivity index (χ2n) is 6.12. The molecule has 1 aliphatic heterocycles. The maximum Gasteiger partial charge on any atom is 0.337 e. The Morgan fingerprint density at radius 3 is 2.44 bits per heavy atom. The van der Waals surface area contributed by atoms with Gasteiger partial charge in [0, 0.05) is 35.6 Å². The Labute approximate surface area is 151 Å². The average Bonchev–Trinajstić information content (AvgIpc) is 3.22. The molecule has 6 heteroatoms. The number of hydrogen-bond donors (Lipinski definition) is 1. The van der Waals surface area contributed by atoms with E-state index in [9.17, 15) is 9.59 Å². The molecule has 0 saturated carbocycles. The van der Waals surface area contributed by atoms with Crippen LogP contribution in [0.3, 0.4) is 0 Å². The van der Waals surface area contributed by atoms with Crippen molar-refractivity contribution in [1.29, 1.82) is 0 Å². The predicted octanol–water partition coefficient (Wildman–Crippen LogP) is 3.01. The summed E-state index contributed by atoms with van der Waals surface area (Å²) in [6.45, 7) is 2.00. The number of thiophene rings is 1. The van der Waals surface area contributed by atoms with Crippen LogP contribution in [0.4, 0.5) is 0 Å². The third-order valence-electron chi connectivity index (χ3n) is 4.65. The van der Waals surface area contributed by atoms with Gasteiger partial charge in [-0.3, -0.25) is 4.79 Å². The summed E-state index contributed by atoms with van der Waals surface area (Å²) < 4.78 is 10.2. The number of methoxy groups -OCH3 is 1. The van der Waals surface area contributed by atoms with Crippen molar-refractivity contribution in [3.8, 4) is 0 Å². The minimum absolute atomic E-state index is 0.0615. The highest BCUT2D eigenvalue weighted by molar-refractivity contribution is 7.10. The van der Waals surface area contributed by atoms with E-state index in [1.54, 1.807) is 35.6 Å². The molecule has 0 spiro atoms. The number of rotatable bonds is 5. The fraction of sp³-hybridized carbons (Fsp3) is 0.368. The zero-order chi connectivity index (χ0) is 17.7. The predicted molar refractivity (Wildman–Crippen MR) is 96.2 cm³/mol. The summed E-state index contributed by atoms with van der Waals surface area (Å²) in [4.78, 5) is 25.3. The number of amides is 1. The van der Waals surface area contributed by atoms with E-state index in [-0.39, 0.29) is 11.3 Å². The van der Waals surface area contributed by atoms with Gasteiger partial charge in [0.15, 0.2) is 0 Å². The van der Waals surface area contributed by atoms with Gasteiger partial charge < -0.3 is 14.8 Å². The fourth-order valence-electron chi connectivity index (χ4n) is 3.08. The third kappa shape index (κ3) is 3.91. The Kier molecular flexibility index (Phi) is 5.50. The molecular formula is C19H21NO4S. The van der Waals surface area contributed by atoms with E-state index < -0.39 is 5.97 Å². The van der Waals surface area contributed by atoms with E-state index in [4.69, 9.17) is 4.74 Å². The summed E-state index contributed by atoms with van der Waals surface area (Å²) in [5, 5.41) is 5.13. The number of carbonyl (C=O) groups is 2. The Hall–Kier alpha value is -2.18. The molecule has 0 unspecified atom stereocenters. The largest absolute Gasteiger partial charge is 0.465 e. The van der Waals surface area contributed by atoms with Crippen LogP contribution in [0.15, 0.2) is 41.8 Å². The van der Waals surface area contributed by atoms with Crippen LogP contribution in [0.1, 0.15) is 38.4 Å². The quantitative estimate of drug-likeness (QED) is 0.834. The van der Waals surface area contributed by atoms with Crippen molar-refractivity contribution in [1.82, 2.24) is 5.32 Å². The second-order valence-corrected chi connectivity index (χ2v) is 7.07. The van der Waals surface area contributed by atoms with Crippen LogP contribution < -0.4 is 5.32 Å². The van der Waals surface area contributed by atoms with Crippen molar-refractivity contribution >= 4 is 23.2 Å². The number of carbonyl (C=O) groups excluding carboxylic acids is 2. The molecule has 1 aromatic carbocycles. The first-order valence-electron chi connectivity index (χ1n) is 8.23. The Balaban J connectivity index is 1.68. The van der Waals surface area contributed by atoms with E-state index in [1.165, 1.54) is 12.0 Å². The summed E-state index contributed by atoms with van der Waals surface area (Å²) >= 11 is 1.73. The highest BCUT2D eigenvalue weighted by Crippen LogP contribution is 2.37. The molecule has 2 heterocycles. The van der Waals surface area contributed by atoms with Crippen molar-refractivity contribution in [2.75, 3.05) is 26.9 Å². The Morgan fingerprint density at radius 2 is 1.84 bits per heavy atom. The van der Waals surface area contributed by atoms with Crippen LogP contribution >= 0.6 is 11.3 Å². The molecule has 25 heavy (non-hydrogen) atoms. The van der Waals surface area contributed by atoms with Crippen molar-refractivity contribution < 1.29 is 19.1 Å². The smallest absolute Gasteiger partial charge is 0.337 e. The summed E-state index contributed by atoms with van der Waals surface area (Å²) in [6, 6.07) is 10.7. The maximum atomic E-state index is 12.5. The molecule has 0 bridgehead atoms. The van der Waals surface area contributed by atoms with Crippen molar-refractivity contribution in [3.05, 3.63) is 57.8 Å². The van der Waals surface area contributed by atoms with Gasteiger partial charge in [-0.15, -0.1) is 11.3 Å². The number of benzene rings is 1. The van der Waals surface area contributed by atoms with Gasteiger partial charge >= 0.3 is 5.97 Å². The number of ether oxygens (including phenoxy) is 2. The standard InChI is InChI=1S/C19H21NO4S/c1-23-18(22)15-6-4-14(5-7-15)17(21)20-13-19(8-10-24-11-9-19)16-3-2-12-25-16/h2-7,12H,8-11,13H2,1H3,(H,20,21). The summed E-state index contributed by atoms with van der Waals surface area (Å²) in [5.74, 6) is -0.551. The van der Waals surface area contributed by atoms with Gasteiger partial charge in [0.25, 0.3) is 5.91 Å². The molecule has 2 aromatic rings. The van der Waals surface area contributed by atoms with Crippen LogP contribution in [-0.4, -0.2) is 38.7 Å². The molecule has 1 amide bonds. The highest BCUT2D eigenvalue weighted by Gasteiger charge is 2.35. The Morgan fingerprint density at radius 1 is 1.16 bits per heavy atom. The molecule has 1 fully saturated rings. The molecule has 132 valence electrons. The van der Waals surface area contributed by atoms with Crippen molar-refractivity contribution in [3.63, 3.8) is 0 Å². The van der Waals surface area contributed by atoms with Gasteiger partial charge in [-0.2, -0.15) is 0 Å². The van der Waals surface area contributed by atoms with Crippen molar-refractivity contribution in [2.24, 2.45) is 0 Å². The molecule has 0 radical (unpaired) electrons. The average molecular weight is 359 g/mol. The topological polar surface area (TPSA) is 64.6 Å². The normalized spacial score (nSPS) is 16.2. The van der Waals surface area contributed by atoms with Gasteiger partial charge in [-0.1, -0.05) is 6.07 Å². The van der Waals surface area contributed by atoms with Crippen LogP contribution in [-0.2, 0) is 14.9 Å². The molecular weight excluding hydrogens is 338 g/mol. The fourth-order valence-corrected chi connectivity index (χ4v) is 4.07. The van der Waals surface area contributed by atoms with Gasteiger partial charge in [0.05, 0.1) is 12.7 Å². The molecule has 3 rings (SSSR count). The minimum Gasteiger partial charge on any atom is -0.465 e. The lowest BCUT2D eigenvalue weighted by Gasteiger charge is -2.36. The first-order chi connectivity index (χ1) is 12.1. The minimum atomic E-state index is -0.411. The molecule has 0 aliphatic carbocycles. The molecule has 1 aliphatic rings. The number of nitrogens with one attached hydrogen (secondary N) is 1. The number of esters is 1. The van der Waals surface area contributed by atoms with Crippen molar-refractivity contribution in [2.45, 2.75) is 18.3 Å². The zero-order valence-corrected chi connectivity index (χ0v) is 14.9. The lowest BCUT2D eigenvalue weighted by molar-refractivity contribution is 0.0499. The van der Waals surface area contributed by atoms with Gasteiger partial charge in [-0.05, 0) is 48.6 Å². The van der Waals surface area contributed by atoms with E-state index in [1.807, 2.05) is 6.07 Å². The number of hydrogen-bond acceptors (Lipinski definition) is 5. The van der Waals surface area contributed by atoms with E-state index in [2.05, 4.69) is 21.5 Å². The molecule has 0 atom stereocenters. The lowest BCUT2D eigenvalue weighted by atomic mass is 9.78. The first-order valence-corrected chi connectivity index (χ1v) is 9.11. The first kappa shape index (κ1) is 17.6. The lowest BCUT2D eigenvalue weighted by Crippen LogP contribution is -2.44. The molecule has 1 N–H and O–H groups in total. The van der Waals surface area contributed by atoms with E-state index in [0.29, 0.717) is 30.9 Å². The summed E-state index contributed by atoms with van der Waals surface area (Å²) in [7, 11) is 1.33. The zero-order valence-electron chi connectivity index (χ0n) is 14.1. The second kappa shape index (κ2) is 7.80. The van der Waals surface area contributed by atoms with Crippen LogP contribution in [0, 0.1) is 0 Å². The van der Waals surface area contributed by atoms with Gasteiger partial charge in [-0.25, -0.2) is 4.79 Å². The van der Waals surface area contributed by atoms with Gasteiger partial charge in [0.2, 0.25) is 0 Å². The van der Waals surface area contributed by atoms with E-state index >= 15 is 0 Å². The van der Waals surface area contributed by atoms with Crippen LogP contribution in [0.25, 0.3) is 0 Å². The van der Waals surface area contributed by atoms with Crippen LogP contribution in [0.5, 0.6) is 0 Å². The SMILES string of the molecule is COC(=O)c1ccc(C(=O)NCC2(c3cccs3)CCOCC2)cc1. The monoisotopic (exact) mass is 359 g/mol.